The molecule has 8 heteroatoms. The molecule has 0 bridgehead atoms. The molecule has 3 N–H and O–H groups in total. The molecule has 0 radical (unpaired) electrons. The first-order chi connectivity index (χ1) is 7.22. The van der Waals surface area contributed by atoms with Crippen LogP contribution in [-0.2, 0) is 0 Å². The molecule has 2 heterocycles. The minimum Gasteiger partial charge on any atom is -0.307 e. The zero-order chi connectivity index (χ0) is 10.8. The van der Waals surface area contributed by atoms with Crippen molar-refractivity contribution in [1.29, 1.82) is 0 Å². The smallest absolute Gasteiger partial charge is 0.173 e. The van der Waals surface area contributed by atoms with Crippen LogP contribution < -0.4 is 11.3 Å². The van der Waals surface area contributed by atoms with Crippen LogP contribution in [0.3, 0.4) is 0 Å². The fourth-order valence-electron chi connectivity index (χ4n) is 1.04. The molecule has 0 fully saturated rings. The molecule has 0 saturated heterocycles. The Balaban J connectivity index is 2.53. The highest BCUT2D eigenvalue weighted by molar-refractivity contribution is 9.10. The van der Waals surface area contributed by atoms with Crippen LogP contribution >= 0.6 is 27.5 Å². The Morgan fingerprint density at radius 2 is 2.27 bits per heavy atom. The van der Waals surface area contributed by atoms with Crippen molar-refractivity contribution in [1.82, 2.24) is 19.7 Å². The monoisotopic (exact) mass is 288 g/mol. The van der Waals surface area contributed by atoms with E-state index in [9.17, 15) is 0 Å². The Morgan fingerprint density at radius 1 is 1.47 bits per heavy atom. The van der Waals surface area contributed by atoms with E-state index >= 15 is 0 Å². The first-order valence-electron chi connectivity index (χ1n) is 3.90. The summed E-state index contributed by atoms with van der Waals surface area (Å²) in [5.74, 6) is 6.32. The number of nitrogens with two attached hydrogens (primary N) is 1. The van der Waals surface area contributed by atoms with Crippen LogP contribution in [0.2, 0.25) is 5.02 Å². The number of nitrogens with zero attached hydrogens (tertiary/aromatic N) is 4. The highest BCUT2D eigenvalue weighted by atomic mass is 79.9. The highest BCUT2D eigenvalue weighted by Gasteiger charge is 2.10. The van der Waals surface area contributed by atoms with Gasteiger partial charge in [-0.05, 0) is 15.9 Å². The van der Waals surface area contributed by atoms with Gasteiger partial charge in [0.2, 0.25) is 0 Å². The first kappa shape index (κ1) is 10.3. The van der Waals surface area contributed by atoms with Crippen LogP contribution in [-0.4, -0.2) is 19.7 Å². The zero-order valence-corrected chi connectivity index (χ0v) is 9.70. The number of hydrogen-bond acceptors (Lipinski definition) is 5. The summed E-state index contributed by atoms with van der Waals surface area (Å²) in [5, 5.41) is 4.55. The number of hydrazine groups is 1. The van der Waals surface area contributed by atoms with Gasteiger partial charge in [0.25, 0.3) is 0 Å². The van der Waals surface area contributed by atoms with Gasteiger partial charge < -0.3 is 5.43 Å². The van der Waals surface area contributed by atoms with Gasteiger partial charge in [-0.2, -0.15) is 5.10 Å². The molecule has 2 rings (SSSR count). The molecule has 0 aliphatic carbocycles. The highest BCUT2D eigenvalue weighted by Crippen LogP contribution is 2.24. The third-order valence-electron chi connectivity index (χ3n) is 1.68. The van der Waals surface area contributed by atoms with Gasteiger partial charge in [0.15, 0.2) is 11.6 Å². The van der Waals surface area contributed by atoms with E-state index in [1.807, 2.05) is 0 Å². The maximum Gasteiger partial charge on any atom is 0.173 e. The molecule has 2 aromatic heterocycles. The summed E-state index contributed by atoms with van der Waals surface area (Å²) in [5.41, 5.74) is 2.44. The van der Waals surface area contributed by atoms with Crippen LogP contribution in [0.25, 0.3) is 5.82 Å². The summed E-state index contributed by atoms with van der Waals surface area (Å²) >= 11 is 9.07. The molecule has 6 nitrogen and oxygen atoms in total. The third-order valence-corrected chi connectivity index (χ3v) is 2.60. The van der Waals surface area contributed by atoms with E-state index in [4.69, 9.17) is 17.4 Å². The van der Waals surface area contributed by atoms with E-state index < -0.39 is 0 Å². The molecular weight excluding hydrogens is 283 g/mol. The molecule has 0 saturated carbocycles. The second-order valence-electron chi connectivity index (χ2n) is 2.61. The lowest BCUT2D eigenvalue weighted by Gasteiger charge is -2.06. The Bertz CT molecular complexity index is 484. The second kappa shape index (κ2) is 4.13. The quantitative estimate of drug-likeness (QED) is 0.644. The van der Waals surface area contributed by atoms with Crippen molar-refractivity contribution in [3.05, 3.63) is 28.2 Å². The summed E-state index contributed by atoms with van der Waals surface area (Å²) < 4.78 is 2.14. The van der Waals surface area contributed by atoms with Crippen LogP contribution in [0, 0.1) is 0 Å². The minimum atomic E-state index is 0.478. The van der Waals surface area contributed by atoms with E-state index in [1.165, 1.54) is 17.2 Å². The Kier molecular flexibility index (Phi) is 2.85. The van der Waals surface area contributed by atoms with Crippen LogP contribution in [0.5, 0.6) is 0 Å². The van der Waals surface area contributed by atoms with Crippen LogP contribution in [0.15, 0.2) is 23.2 Å². The Morgan fingerprint density at radius 3 is 2.87 bits per heavy atom. The van der Waals surface area contributed by atoms with E-state index in [1.54, 1.807) is 6.20 Å². The van der Waals surface area contributed by atoms with Crippen molar-refractivity contribution in [3.8, 4) is 5.82 Å². The van der Waals surface area contributed by atoms with Gasteiger partial charge in [0.05, 0.1) is 17.4 Å². The van der Waals surface area contributed by atoms with Crippen molar-refractivity contribution in [2.75, 3.05) is 5.43 Å². The van der Waals surface area contributed by atoms with Gasteiger partial charge in [0, 0.05) is 0 Å². The fraction of sp³-hybridized carbons (Fsp3) is 0. The van der Waals surface area contributed by atoms with Crippen molar-refractivity contribution >= 4 is 33.3 Å². The molecule has 0 spiro atoms. The maximum absolute atomic E-state index is 5.75. The maximum atomic E-state index is 5.75. The van der Waals surface area contributed by atoms with Crippen molar-refractivity contribution in [2.24, 2.45) is 5.84 Å². The lowest BCUT2D eigenvalue weighted by molar-refractivity contribution is 0.833. The lowest BCUT2D eigenvalue weighted by atomic mass is 10.5. The van der Waals surface area contributed by atoms with Crippen molar-refractivity contribution < 1.29 is 0 Å². The average molecular weight is 290 g/mol. The first-order valence-corrected chi connectivity index (χ1v) is 5.07. The number of hydrogen-bond donors (Lipinski definition) is 2. The predicted octanol–water partition coefficient (Wildman–Crippen LogP) is 1.36. The van der Waals surface area contributed by atoms with Crippen molar-refractivity contribution in [3.63, 3.8) is 0 Å². The minimum absolute atomic E-state index is 0.478. The van der Waals surface area contributed by atoms with Gasteiger partial charge in [-0.3, -0.25) is 0 Å². The Labute approximate surface area is 98.6 Å². The topological polar surface area (TPSA) is 81.6 Å². The van der Waals surface area contributed by atoms with Gasteiger partial charge in [0.1, 0.15) is 10.8 Å². The molecule has 0 aliphatic rings. The number of aromatic nitrogens is 4. The molecule has 78 valence electrons. The second-order valence-corrected chi connectivity index (χ2v) is 3.84. The largest absolute Gasteiger partial charge is 0.307 e. The normalized spacial score (nSPS) is 10.3. The lowest BCUT2D eigenvalue weighted by Crippen LogP contribution is -2.11. The number of halogens is 2. The molecule has 0 aliphatic heterocycles. The standard InChI is InChI=1S/C7H6BrClN6/c8-5-6(14-10)11-3-12-7(5)15-2-4(9)1-13-15/h1-3H,10H2,(H,11,12,14). The fourth-order valence-corrected chi connectivity index (χ4v) is 1.67. The molecule has 2 aromatic rings. The summed E-state index contributed by atoms with van der Waals surface area (Å²) in [6.07, 6.45) is 4.53. The molecule has 0 unspecified atom stereocenters. The summed E-state index contributed by atoms with van der Waals surface area (Å²) in [7, 11) is 0. The van der Waals surface area contributed by atoms with Gasteiger partial charge in [-0.15, -0.1) is 0 Å². The van der Waals surface area contributed by atoms with E-state index in [0.29, 0.717) is 21.1 Å². The van der Waals surface area contributed by atoms with E-state index in [-0.39, 0.29) is 0 Å². The zero-order valence-electron chi connectivity index (χ0n) is 7.35. The SMILES string of the molecule is NNc1ncnc(-n2cc(Cl)cn2)c1Br. The number of rotatable bonds is 2. The van der Waals surface area contributed by atoms with Gasteiger partial charge in [-0.1, -0.05) is 11.6 Å². The molecular formula is C7H6BrClN6. The summed E-state index contributed by atoms with van der Waals surface area (Å²) in [4.78, 5) is 7.98. The number of nitrogens with one attached hydrogen (secondary N) is 1. The molecule has 0 aromatic carbocycles. The number of nitrogen functional groups attached to an aromatic ring is 1. The van der Waals surface area contributed by atoms with E-state index in [2.05, 4.69) is 36.4 Å². The van der Waals surface area contributed by atoms with Crippen molar-refractivity contribution in [2.45, 2.75) is 0 Å². The third kappa shape index (κ3) is 1.94. The molecule has 0 atom stereocenters. The summed E-state index contributed by atoms with van der Waals surface area (Å²) in [6, 6.07) is 0. The predicted molar refractivity (Wildman–Crippen MR) is 59.7 cm³/mol. The van der Waals surface area contributed by atoms with Crippen LogP contribution in [0.1, 0.15) is 0 Å². The Hall–Kier alpha value is -1.18. The van der Waals surface area contributed by atoms with Crippen LogP contribution in [0.4, 0.5) is 5.82 Å². The van der Waals surface area contributed by atoms with Gasteiger partial charge in [-0.25, -0.2) is 20.5 Å². The van der Waals surface area contributed by atoms with Gasteiger partial charge >= 0.3 is 0 Å². The summed E-state index contributed by atoms with van der Waals surface area (Å²) in [6.45, 7) is 0. The number of anilines is 1. The molecule has 15 heavy (non-hydrogen) atoms. The molecule has 0 amide bonds. The van der Waals surface area contributed by atoms with E-state index in [0.717, 1.165) is 0 Å². The average Bonchev–Trinajstić information content (AvgIpc) is 2.65.